The summed E-state index contributed by atoms with van der Waals surface area (Å²) in [5.41, 5.74) is 10.9. The Morgan fingerprint density at radius 2 is 1.46 bits per heavy atom. The molecule has 4 aromatic carbocycles. The Labute approximate surface area is 203 Å². The normalized spacial score (nSPS) is 11.0. The molecule has 0 unspecified atom stereocenters. The molecule has 0 radical (unpaired) electrons. The van der Waals surface area contributed by atoms with Crippen LogP contribution in [0.4, 0.5) is 0 Å². The molecule has 0 bridgehead atoms. The lowest BCUT2D eigenvalue weighted by molar-refractivity contribution is 0.0952. The monoisotopic (exact) mass is 462 g/mol. The van der Waals surface area contributed by atoms with Crippen LogP contribution in [0.15, 0.2) is 101 Å². The Balaban J connectivity index is 1.70. The lowest BCUT2D eigenvalue weighted by Crippen LogP contribution is -2.23. The largest absolute Gasteiger partial charge is 0.507 e. The highest BCUT2D eigenvalue weighted by Gasteiger charge is 2.27. The van der Waals surface area contributed by atoms with Crippen LogP contribution in [-0.2, 0) is 19.5 Å². The van der Waals surface area contributed by atoms with Gasteiger partial charge in [0.05, 0.1) is 5.56 Å². The van der Waals surface area contributed by atoms with Crippen molar-refractivity contribution in [2.75, 3.05) is 0 Å². The highest BCUT2D eigenvalue weighted by molar-refractivity contribution is 6.13. The summed E-state index contributed by atoms with van der Waals surface area (Å²) in [5, 5.41) is 14.8. The third-order valence-corrected chi connectivity index (χ3v) is 6.14. The molecule has 5 heteroatoms. The first-order valence-corrected chi connectivity index (χ1v) is 11.6. The summed E-state index contributed by atoms with van der Waals surface area (Å²) in [6.07, 6.45) is 0.434. The van der Waals surface area contributed by atoms with Crippen molar-refractivity contribution in [3.05, 3.63) is 125 Å². The van der Waals surface area contributed by atoms with E-state index in [-0.39, 0.29) is 18.2 Å². The van der Waals surface area contributed by atoms with Crippen molar-refractivity contribution in [1.29, 1.82) is 0 Å². The number of fused-ring (bicyclic) bond motifs is 1. The van der Waals surface area contributed by atoms with Crippen LogP contribution in [0.25, 0.3) is 22.3 Å². The fourth-order valence-electron chi connectivity index (χ4n) is 4.39. The number of phenolic OH excluding ortho intramolecular Hbond substituents is 1. The summed E-state index contributed by atoms with van der Waals surface area (Å²) < 4.78 is 6.31. The number of hydrogen-bond donors (Lipinski definition) is 3. The Morgan fingerprint density at radius 1 is 0.857 bits per heavy atom. The molecule has 0 aliphatic carbocycles. The molecular weight excluding hydrogens is 436 g/mol. The number of carbonyl (C=O) groups excluding carboxylic acids is 1. The summed E-state index contributed by atoms with van der Waals surface area (Å²) in [6.45, 7) is 0.530. The molecule has 5 nitrogen and oxygen atoms in total. The van der Waals surface area contributed by atoms with Gasteiger partial charge in [0.25, 0.3) is 5.91 Å². The lowest BCUT2D eigenvalue weighted by atomic mass is 9.94. The number of nitrogens with one attached hydrogen (secondary N) is 1. The maximum absolute atomic E-state index is 13.7. The van der Waals surface area contributed by atoms with E-state index in [1.165, 1.54) is 0 Å². The molecule has 0 saturated heterocycles. The molecule has 0 aliphatic heterocycles. The van der Waals surface area contributed by atoms with Gasteiger partial charge in [0.15, 0.2) is 0 Å². The quantitative estimate of drug-likeness (QED) is 0.286. The molecule has 1 aromatic heterocycles. The fraction of sp³-hybridized carbons (Fsp3) is 0.100. The first-order valence-electron chi connectivity index (χ1n) is 11.6. The summed E-state index contributed by atoms with van der Waals surface area (Å²) in [5.74, 6) is 0.302. The minimum atomic E-state index is -0.263. The number of phenols is 1. The third kappa shape index (κ3) is 4.54. The average Bonchev–Trinajstić information content (AvgIpc) is 3.30. The van der Waals surface area contributed by atoms with Crippen LogP contribution in [0.1, 0.15) is 32.6 Å². The predicted molar refractivity (Wildman–Crippen MR) is 138 cm³/mol. The van der Waals surface area contributed by atoms with Crippen molar-refractivity contribution in [3.63, 3.8) is 0 Å². The van der Waals surface area contributed by atoms with Gasteiger partial charge < -0.3 is 20.6 Å². The number of benzene rings is 4. The van der Waals surface area contributed by atoms with Crippen LogP contribution in [0.5, 0.6) is 5.75 Å². The van der Waals surface area contributed by atoms with Crippen LogP contribution < -0.4 is 11.1 Å². The minimum absolute atomic E-state index is 0.0985. The van der Waals surface area contributed by atoms with Crippen LogP contribution in [0.3, 0.4) is 0 Å². The standard InChI is InChI=1S/C30H26N2O3/c31-18-23-17-25-26(24(28(23)33)16-20-10-4-1-5-11-20)27(29(35-25)22-14-8-3-9-15-22)30(34)32-19-21-12-6-2-7-13-21/h1-15,17,33H,16,18-19,31H2,(H,32,34). The Bertz CT molecular complexity index is 1460. The van der Waals surface area contributed by atoms with Crippen LogP contribution >= 0.6 is 0 Å². The van der Waals surface area contributed by atoms with E-state index in [2.05, 4.69) is 5.32 Å². The van der Waals surface area contributed by atoms with Gasteiger partial charge >= 0.3 is 0 Å². The van der Waals surface area contributed by atoms with Gasteiger partial charge in [-0.25, -0.2) is 0 Å². The van der Waals surface area contributed by atoms with E-state index in [0.29, 0.717) is 46.4 Å². The van der Waals surface area contributed by atoms with E-state index in [4.69, 9.17) is 10.2 Å². The molecule has 1 amide bonds. The van der Waals surface area contributed by atoms with Gasteiger partial charge in [-0.15, -0.1) is 0 Å². The first-order chi connectivity index (χ1) is 17.2. The second-order valence-electron chi connectivity index (χ2n) is 8.44. The minimum Gasteiger partial charge on any atom is -0.507 e. The molecule has 1 heterocycles. The first kappa shape index (κ1) is 22.4. The lowest BCUT2D eigenvalue weighted by Gasteiger charge is -2.12. The van der Waals surface area contributed by atoms with E-state index in [0.717, 1.165) is 16.7 Å². The van der Waals surface area contributed by atoms with Gasteiger partial charge in [0.1, 0.15) is 17.1 Å². The van der Waals surface area contributed by atoms with Gasteiger partial charge in [-0.05, 0) is 17.2 Å². The molecule has 5 aromatic rings. The number of nitrogens with two attached hydrogens (primary N) is 1. The molecule has 0 fully saturated rings. The number of hydrogen-bond acceptors (Lipinski definition) is 4. The number of carbonyl (C=O) groups is 1. The molecule has 0 saturated carbocycles. The van der Waals surface area contributed by atoms with Crippen molar-refractivity contribution < 1.29 is 14.3 Å². The van der Waals surface area contributed by atoms with Crippen molar-refractivity contribution in [2.45, 2.75) is 19.5 Å². The summed E-state index contributed by atoms with van der Waals surface area (Å²) in [4.78, 5) is 13.7. The Kier molecular flexibility index (Phi) is 6.33. The van der Waals surface area contributed by atoms with Crippen LogP contribution in [0, 0.1) is 0 Å². The average molecular weight is 463 g/mol. The SMILES string of the molecule is NCc1cc2oc(-c3ccccc3)c(C(=O)NCc3ccccc3)c2c(Cc2ccccc2)c1O. The molecule has 174 valence electrons. The summed E-state index contributed by atoms with van der Waals surface area (Å²) in [6, 6.07) is 30.9. The number of amides is 1. The van der Waals surface area contributed by atoms with E-state index in [1.807, 2.05) is 91.0 Å². The third-order valence-electron chi connectivity index (χ3n) is 6.14. The topological polar surface area (TPSA) is 88.5 Å². The number of furan rings is 1. The second-order valence-corrected chi connectivity index (χ2v) is 8.44. The van der Waals surface area contributed by atoms with Crippen molar-refractivity contribution in [2.24, 2.45) is 5.73 Å². The smallest absolute Gasteiger partial charge is 0.256 e. The van der Waals surface area contributed by atoms with Crippen LogP contribution in [-0.4, -0.2) is 11.0 Å². The van der Waals surface area contributed by atoms with Crippen LogP contribution in [0.2, 0.25) is 0 Å². The number of aromatic hydroxyl groups is 1. The van der Waals surface area contributed by atoms with Gasteiger partial charge in [-0.2, -0.15) is 0 Å². The zero-order valence-electron chi connectivity index (χ0n) is 19.2. The predicted octanol–water partition coefficient (Wildman–Crippen LogP) is 5.78. The highest BCUT2D eigenvalue weighted by atomic mass is 16.3. The fourth-order valence-corrected chi connectivity index (χ4v) is 4.39. The highest BCUT2D eigenvalue weighted by Crippen LogP contribution is 2.41. The second kappa shape index (κ2) is 9.87. The Morgan fingerprint density at radius 3 is 2.09 bits per heavy atom. The zero-order valence-corrected chi connectivity index (χ0v) is 19.2. The van der Waals surface area contributed by atoms with E-state index in [9.17, 15) is 9.90 Å². The molecule has 4 N–H and O–H groups in total. The Hall–Kier alpha value is -4.35. The maximum Gasteiger partial charge on any atom is 0.256 e. The molecule has 35 heavy (non-hydrogen) atoms. The van der Waals surface area contributed by atoms with Gasteiger partial charge in [-0.1, -0.05) is 91.0 Å². The van der Waals surface area contributed by atoms with Gasteiger partial charge in [0, 0.05) is 41.6 Å². The molecule has 5 rings (SSSR count). The van der Waals surface area contributed by atoms with Crippen molar-refractivity contribution in [1.82, 2.24) is 5.32 Å². The molecule has 0 spiro atoms. The molecule has 0 aliphatic rings. The summed E-state index contributed by atoms with van der Waals surface area (Å²) in [7, 11) is 0. The van der Waals surface area contributed by atoms with Gasteiger partial charge in [-0.3, -0.25) is 4.79 Å². The van der Waals surface area contributed by atoms with Crippen molar-refractivity contribution in [3.8, 4) is 17.1 Å². The van der Waals surface area contributed by atoms with E-state index >= 15 is 0 Å². The molecular formula is C30H26N2O3. The van der Waals surface area contributed by atoms with E-state index in [1.54, 1.807) is 6.07 Å². The number of rotatable bonds is 7. The maximum atomic E-state index is 13.7. The molecule has 0 atom stereocenters. The van der Waals surface area contributed by atoms with E-state index < -0.39 is 0 Å². The van der Waals surface area contributed by atoms with Crippen molar-refractivity contribution >= 4 is 16.9 Å². The summed E-state index contributed by atoms with van der Waals surface area (Å²) >= 11 is 0. The zero-order chi connectivity index (χ0) is 24.2. The van der Waals surface area contributed by atoms with Gasteiger partial charge in [0.2, 0.25) is 0 Å².